The maximum atomic E-state index is 12.3. The van der Waals surface area contributed by atoms with Crippen LogP contribution in [0.15, 0.2) is 24.3 Å². The monoisotopic (exact) mass is 290 g/mol. The number of ether oxygens (including phenoxy) is 1. The van der Waals surface area contributed by atoms with E-state index in [0.717, 1.165) is 10.5 Å². The van der Waals surface area contributed by atoms with Gasteiger partial charge >= 0.3 is 6.03 Å². The van der Waals surface area contributed by atoms with Gasteiger partial charge in [-0.3, -0.25) is 19.8 Å². The molecule has 1 aliphatic rings. The van der Waals surface area contributed by atoms with E-state index in [9.17, 15) is 14.4 Å². The molecule has 6 heteroatoms. The normalized spacial score (nSPS) is 19.0. The zero-order valence-electron chi connectivity index (χ0n) is 12.3. The van der Waals surface area contributed by atoms with Gasteiger partial charge in [-0.1, -0.05) is 26.0 Å². The van der Waals surface area contributed by atoms with Gasteiger partial charge in [0.2, 0.25) is 11.8 Å². The molecular formula is C15H18N2O4. The van der Waals surface area contributed by atoms with Crippen LogP contribution in [-0.4, -0.2) is 29.9 Å². The van der Waals surface area contributed by atoms with Gasteiger partial charge in [0.25, 0.3) is 0 Å². The summed E-state index contributed by atoms with van der Waals surface area (Å²) in [5.74, 6) is -1.26. The van der Waals surface area contributed by atoms with Gasteiger partial charge in [-0.2, -0.15) is 0 Å². The molecule has 0 saturated carbocycles. The fraction of sp³-hybridized carbons (Fsp3) is 0.400. The summed E-state index contributed by atoms with van der Waals surface area (Å²) in [6, 6.07) is 6.40. The van der Waals surface area contributed by atoms with Crippen molar-refractivity contribution in [1.82, 2.24) is 10.2 Å². The molecule has 0 spiro atoms. The molecule has 1 unspecified atom stereocenters. The van der Waals surface area contributed by atoms with Crippen molar-refractivity contribution in [3.63, 3.8) is 0 Å². The lowest BCUT2D eigenvalue weighted by Crippen LogP contribution is -2.58. The van der Waals surface area contributed by atoms with Crippen LogP contribution in [0, 0.1) is 11.8 Å². The highest BCUT2D eigenvalue weighted by Crippen LogP contribution is 2.21. The third kappa shape index (κ3) is 3.04. The molecule has 0 radical (unpaired) electrons. The van der Waals surface area contributed by atoms with Crippen molar-refractivity contribution in [1.29, 1.82) is 0 Å². The minimum atomic E-state index is -0.819. The zero-order valence-corrected chi connectivity index (χ0v) is 12.3. The van der Waals surface area contributed by atoms with Crippen LogP contribution in [0.2, 0.25) is 0 Å². The summed E-state index contributed by atoms with van der Waals surface area (Å²) >= 11 is 0. The van der Waals surface area contributed by atoms with E-state index in [1.54, 1.807) is 45.2 Å². The van der Waals surface area contributed by atoms with Crippen LogP contribution in [-0.2, 0) is 16.1 Å². The molecule has 1 atom stereocenters. The van der Waals surface area contributed by atoms with Crippen LogP contribution < -0.4 is 10.1 Å². The van der Waals surface area contributed by atoms with E-state index in [0.29, 0.717) is 5.75 Å². The average molecular weight is 290 g/mol. The Hall–Kier alpha value is -2.37. The number of rotatable bonds is 4. The molecule has 1 N–H and O–H groups in total. The lowest BCUT2D eigenvalue weighted by atomic mass is 9.92. The van der Waals surface area contributed by atoms with Crippen LogP contribution in [0.5, 0.6) is 5.75 Å². The number of nitrogens with zero attached hydrogens (tertiary/aromatic N) is 1. The number of nitrogens with one attached hydrogen (secondary N) is 1. The van der Waals surface area contributed by atoms with Crippen LogP contribution in [0.25, 0.3) is 0 Å². The number of hydrogen-bond donors (Lipinski definition) is 1. The van der Waals surface area contributed by atoms with Crippen molar-refractivity contribution in [2.45, 2.75) is 20.4 Å². The molecule has 6 nitrogen and oxygen atoms in total. The summed E-state index contributed by atoms with van der Waals surface area (Å²) in [6.07, 6.45) is 0. The van der Waals surface area contributed by atoms with Crippen molar-refractivity contribution >= 4 is 17.8 Å². The van der Waals surface area contributed by atoms with Crippen LogP contribution in [0.1, 0.15) is 19.4 Å². The minimum Gasteiger partial charge on any atom is -0.497 e. The van der Waals surface area contributed by atoms with Gasteiger partial charge in [-0.25, -0.2) is 4.79 Å². The first-order chi connectivity index (χ1) is 9.93. The standard InChI is InChI=1S/C15H18N2O4/c1-9(2)12-13(18)16-15(20)17(14(12)19)8-10-4-6-11(21-3)7-5-10/h4-7,9,12H,8H2,1-3H3,(H,16,18,20). The van der Waals surface area contributed by atoms with Gasteiger partial charge in [0.1, 0.15) is 11.7 Å². The van der Waals surface area contributed by atoms with E-state index >= 15 is 0 Å². The highest BCUT2D eigenvalue weighted by molar-refractivity contribution is 6.16. The molecule has 1 saturated heterocycles. The molecule has 1 heterocycles. The Bertz CT molecular complexity index is 566. The first kappa shape index (κ1) is 15.0. The zero-order chi connectivity index (χ0) is 15.6. The van der Waals surface area contributed by atoms with E-state index in [4.69, 9.17) is 4.74 Å². The molecule has 0 aliphatic carbocycles. The number of carbonyl (C=O) groups excluding carboxylic acids is 3. The Morgan fingerprint density at radius 3 is 2.33 bits per heavy atom. The maximum Gasteiger partial charge on any atom is 0.331 e. The topological polar surface area (TPSA) is 75.7 Å². The summed E-state index contributed by atoms with van der Waals surface area (Å²) in [4.78, 5) is 37.0. The molecule has 21 heavy (non-hydrogen) atoms. The Labute approximate surface area is 123 Å². The van der Waals surface area contributed by atoms with Gasteiger partial charge in [0.15, 0.2) is 0 Å². The van der Waals surface area contributed by atoms with Gasteiger partial charge < -0.3 is 4.74 Å². The van der Waals surface area contributed by atoms with Gasteiger partial charge in [-0.15, -0.1) is 0 Å². The number of hydrogen-bond acceptors (Lipinski definition) is 4. The Morgan fingerprint density at radius 2 is 1.81 bits per heavy atom. The smallest absolute Gasteiger partial charge is 0.331 e. The number of amides is 4. The number of imide groups is 2. The second kappa shape index (κ2) is 5.95. The van der Waals surface area contributed by atoms with E-state index in [1.807, 2.05) is 0 Å². The van der Waals surface area contributed by atoms with Gasteiger partial charge in [0.05, 0.1) is 13.7 Å². The summed E-state index contributed by atoms with van der Waals surface area (Å²) in [6.45, 7) is 3.69. The Kier molecular flexibility index (Phi) is 4.26. The molecule has 4 amide bonds. The number of urea groups is 1. The number of carbonyl (C=O) groups is 3. The molecule has 2 rings (SSSR count). The molecule has 1 aromatic rings. The van der Waals surface area contributed by atoms with Gasteiger partial charge in [-0.05, 0) is 23.6 Å². The predicted octanol–water partition coefficient (Wildman–Crippen LogP) is 1.55. The second-order valence-electron chi connectivity index (χ2n) is 5.29. The van der Waals surface area contributed by atoms with Crippen LogP contribution in [0.3, 0.4) is 0 Å². The Balaban J connectivity index is 2.18. The van der Waals surface area contributed by atoms with Crippen molar-refractivity contribution in [3.05, 3.63) is 29.8 Å². The van der Waals surface area contributed by atoms with Crippen molar-refractivity contribution in [2.75, 3.05) is 7.11 Å². The number of methoxy groups -OCH3 is 1. The van der Waals surface area contributed by atoms with Crippen molar-refractivity contribution < 1.29 is 19.1 Å². The van der Waals surface area contributed by atoms with E-state index in [-0.39, 0.29) is 12.5 Å². The summed E-state index contributed by atoms with van der Waals surface area (Å²) in [7, 11) is 1.56. The summed E-state index contributed by atoms with van der Waals surface area (Å²) < 4.78 is 5.06. The fourth-order valence-electron chi connectivity index (χ4n) is 2.28. The number of benzene rings is 1. The number of barbiturate groups is 1. The average Bonchev–Trinajstić information content (AvgIpc) is 2.43. The first-order valence-electron chi connectivity index (χ1n) is 6.73. The SMILES string of the molecule is COc1ccc(CN2C(=O)NC(=O)C(C(C)C)C2=O)cc1. The largest absolute Gasteiger partial charge is 0.497 e. The van der Waals surface area contributed by atoms with E-state index in [1.165, 1.54) is 0 Å². The van der Waals surface area contributed by atoms with E-state index < -0.39 is 23.8 Å². The molecular weight excluding hydrogens is 272 g/mol. The summed E-state index contributed by atoms with van der Waals surface area (Å²) in [5, 5.41) is 2.24. The highest BCUT2D eigenvalue weighted by Gasteiger charge is 2.41. The molecule has 112 valence electrons. The predicted molar refractivity (Wildman–Crippen MR) is 75.4 cm³/mol. The molecule has 0 aromatic heterocycles. The quantitative estimate of drug-likeness (QED) is 0.854. The fourth-order valence-corrected chi connectivity index (χ4v) is 2.28. The third-order valence-electron chi connectivity index (χ3n) is 3.46. The lowest BCUT2D eigenvalue weighted by Gasteiger charge is -2.31. The molecule has 1 aliphatic heterocycles. The maximum absolute atomic E-state index is 12.3. The third-order valence-corrected chi connectivity index (χ3v) is 3.46. The minimum absolute atomic E-state index is 0.130. The molecule has 0 bridgehead atoms. The van der Waals surface area contributed by atoms with Crippen molar-refractivity contribution in [3.8, 4) is 5.75 Å². The molecule has 1 aromatic carbocycles. The van der Waals surface area contributed by atoms with Crippen molar-refractivity contribution in [2.24, 2.45) is 11.8 Å². The Morgan fingerprint density at radius 1 is 1.19 bits per heavy atom. The molecule has 1 fully saturated rings. The highest BCUT2D eigenvalue weighted by atomic mass is 16.5. The summed E-state index contributed by atoms with van der Waals surface area (Å²) in [5.41, 5.74) is 0.788. The first-order valence-corrected chi connectivity index (χ1v) is 6.73. The van der Waals surface area contributed by atoms with Crippen LogP contribution in [0.4, 0.5) is 4.79 Å². The van der Waals surface area contributed by atoms with E-state index in [2.05, 4.69) is 5.32 Å². The van der Waals surface area contributed by atoms with Gasteiger partial charge in [0, 0.05) is 0 Å². The lowest BCUT2D eigenvalue weighted by molar-refractivity contribution is -0.144. The van der Waals surface area contributed by atoms with Crippen LogP contribution >= 0.6 is 0 Å². The second-order valence-corrected chi connectivity index (χ2v) is 5.29.